The number of benzene rings is 4. The van der Waals surface area contributed by atoms with E-state index < -0.39 is 11.3 Å². The van der Waals surface area contributed by atoms with E-state index in [1.807, 2.05) is 0 Å². The van der Waals surface area contributed by atoms with Crippen LogP contribution >= 0.6 is 0 Å². The van der Waals surface area contributed by atoms with Gasteiger partial charge in [0.25, 0.3) is 0 Å². The van der Waals surface area contributed by atoms with Crippen LogP contribution in [0, 0.1) is 0 Å². The van der Waals surface area contributed by atoms with Crippen LogP contribution in [0.25, 0.3) is 11.1 Å². The van der Waals surface area contributed by atoms with Crippen molar-refractivity contribution in [1.82, 2.24) is 15.6 Å². The van der Waals surface area contributed by atoms with Crippen molar-refractivity contribution in [2.45, 2.75) is 30.1 Å². The van der Waals surface area contributed by atoms with E-state index in [0.29, 0.717) is 0 Å². The van der Waals surface area contributed by atoms with Gasteiger partial charge in [-0.25, -0.2) is 10.6 Å². The van der Waals surface area contributed by atoms with Crippen LogP contribution in [0.15, 0.2) is 73.3 Å². The summed E-state index contributed by atoms with van der Waals surface area (Å²) in [6.07, 6.45) is 6.14. The third kappa shape index (κ3) is 2.05. The van der Waals surface area contributed by atoms with Gasteiger partial charge in [-0.3, -0.25) is 0 Å². The van der Waals surface area contributed by atoms with Crippen molar-refractivity contribution in [3.8, 4) is 11.1 Å². The Morgan fingerprint density at radius 3 is 1.65 bits per heavy atom. The van der Waals surface area contributed by atoms with Gasteiger partial charge in [-0.1, -0.05) is 48.5 Å². The zero-order valence-corrected chi connectivity index (χ0v) is 24.1. The summed E-state index contributed by atoms with van der Waals surface area (Å²) in [5.41, 5.74) is 18.7. The Balaban J connectivity index is 1.32. The van der Waals surface area contributed by atoms with Gasteiger partial charge in [-0.15, -0.1) is 9.13 Å². The lowest BCUT2D eigenvalue weighted by molar-refractivity contribution is -0.890. The van der Waals surface area contributed by atoms with Gasteiger partial charge in [-0.05, 0) is 69.5 Å². The van der Waals surface area contributed by atoms with Crippen molar-refractivity contribution in [1.29, 1.82) is 0 Å². The molecule has 5 heterocycles. The van der Waals surface area contributed by atoms with Gasteiger partial charge in [0.05, 0.1) is 29.4 Å². The number of nitrogens with zero attached hydrogens (tertiary/aromatic N) is 5. The van der Waals surface area contributed by atoms with Crippen molar-refractivity contribution in [2.75, 3.05) is 37.2 Å². The molecule has 206 valence electrons. The van der Waals surface area contributed by atoms with Crippen LogP contribution in [0.5, 0.6) is 0 Å². The van der Waals surface area contributed by atoms with Gasteiger partial charge >= 0.3 is 18.5 Å². The highest BCUT2D eigenvalue weighted by Crippen LogP contribution is 2.62. The van der Waals surface area contributed by atoms with E-state index in [1.54, 1.807) is 0 Å². The fourth-order valence-corrected chi connectivity index (χ4v) is 10.4. The van der Waals surface area contributed by atoms with Gasteiger partial charge in [0.1, 0.15) is 5.92 Å². The number of hydrogen-bond acceptors (Lipinski definition) is 5. The first-order valence-electron chi connectivity index (χ1n) is 15.4. The molecule has 0 amide bonds. The lowest BCUT2D eigenvalue weighted by Gasteiger charge is -2.51. The molecular weight excluding hydrogens is 530 g/mol. The smallest absolute Gasteiger partial charge is 0.360 e. The van der Waals surface area contributed by atoms with Crippen LogP contribution in [0.2, 0.25) is 0 Å². The molecule has 7 aliphatic rings. The molecule has 1 aromatic heterocycles. The summed E-state index contributed by atoms with van der Waals surface area (Å²) >= 11 is 0. The van der Waals surface area contributed by atoms with Crippen LogP contribution in [0.1, 0.15) is 67.4 Å². The molecule has 4 aliphatic heterocycles. The second-order valence-corrected chi connectivity index (χ2v) is 13.5. The monoisotopic (exact) mass is 559 g/mol. The van der Waals surface area contributed by atoms with Crippen LogP contribution in [-0.4, -0.2) is 32.4 Å². The minimum atomic E-state index is -0.527. The van der Waals surface area contributed by atoms with Gasteiger partial charge in [0.15, 0.2) is 0 Å². The third-order valence-corrected chi connectivity index (χ3v) is 11.8. The minimum absolute atomic E-state index is 0.166. The van der Waals surface area contributed by atoms with E-state index >= 15 is 0 Å². The summed E-state index contributed by atoms with van der Waals surface area (Å²) in [7, 11) is 4.41. The molecule has 12 rings (SSSR count). The number of anilines is 2. The zero-order chi connectivity index (χ0) is 28.0. The summed E-state index contributed by atoms with van der Waals surface area (Å²) in [5.74, 6) is 1.48. The van der Waals surface area contributed by atoms with Crippen molar-refractivity contribution in [2.24, 2.45) is 0 Å². The molecule has 2 atom stereocenters. The average molecular weight is 560 g/mol. The fourth-order valence-electron chi connectivity index (χ4n) is 10.4. The van der Waals surface area contributed by atoms with E-state index in [2.05, 4.69) is 117 Å². The van der Waals surface area contributed by atoms with Crippen LogP contribution in [-0.2, 0) is 24.2 Å². The summed E-state index contributed by atoms with van der Waals surface area (Å²) in [6.45, 7) is 1.52. The van der Waals surface area contributed by atoms with Crippen molar-refractivity contribution in [3.63, 3.8) is 0 Å². The fraction of sp³-hybridized carbons (Fsp3) is 0.250. The summed E-state index contributed by atoms with van der Waals surface area (Å²) in [4.78, 5) is 9.82. The molecule has 43 heavy (non-hydrogen) atoms. The Kier molecular flexibility index (Phi) is 3.40. The van der Waals surface area contributed by atoms with Crippen LogP contribution in [0.3, 0.4) is 0 Å². The number of aromatic nitrogens is 3. The summed E-state index contributed by atoms with van der Waals surface area (Å²) in [6, 6.07) is 23.4. The quantitative estimate of drug-likeness (QED) is 0.281. The molecule has 4 aromatic carbocycles. The van der Waals surface area contributed by atoms with Crippen LogP contribution < -0.4 is 29.6 Å². The highest BCUT2D eigenvalue weighted by Gasteiger charge is 2.68. The van der Waals surface area contributed by atoms with Crippen molar-refractivity contribution >= 4 is 11.4 Å². The highest BCUT2D eigenvalue weighted by atomic mass is 15.4. The number of fused-ring (bicyclic) bond motifs is 1. The first-order chi connectivity index (χ1) is 21.1. The predicted octanol–water partition coefficient (Wildman–Crippen LogP) is 2.75. The molecule has 2 unspecified atom stereocenters. The topological polar surface area (TPSA) is 51.2 Å². The van der Waals surface area contributed by atoms with E-state index in [-0.39, 0.29) is 5.92 Å². The molecule has 0 saturated heterocycles. The zero-order valence-electron chi connectivity index (χ0n) is 24.1. The molecule has 5 aromatic rings. The third-order valence-electron chi connectivity index (χ3n) is 11.8. The first-order valence-corrected chi connectivity index (χ1v) is 15.4. The number of rotatable bonds is 0. The second-order valence-electron chi connectivity index (χ2n) is 13.5. The lowest BCUT2D eigenvalue weighted by atomic mass is 9.66. The van der Waals surface area contributed by atoms with Crippen molar-refractivity contribution in [3.05, 3.63) is 135 Å². The highest BCUT2D eigenvalue weighted by molar-refractivity contribution is 5.87. The van der Waals surface area contributed by atoms with E-state index in [9.17, 15) is 0 Å². The van der Waals surface area contributed by atoms with Gasteiger partial charge in [-0.2, -0.15) is 0 Å². The normalized spacial score (nSPS) is 26.1. The predicted molar refractivity (Wildman–Crippen MR) is 161 cm³/mol. The standard InChI is InChI=1S/C36H29N7/c1-40-17-38-35-30-19(5-3-7-25(30)40)13-21-9-11-23-24-12-10-22-14-20-6-4-8-26-31(20)36(39-18-41(26)2)33(22)28(24)29(27(23)32(21)35)34-42(35)15-37-16-43(34)36/h3-12,15-16,29,38-39H,13-14,17-18H2,1-2H3/q+2. The number of hydrogen-bond donors (Lipinski definition) is 2. The largest absolute Gasteiger partial charge is 0.361 e. The minimum Gasteiger partial charge on any atom is -0.361 e. The maximum Gasteiger partial charge on any atom is 0.360 e. The molecule has 0 radical (unpaired) electrons. The van der Waals surface area contributed by atoms with Crippen LogP contribution in [0.4, 0.5) is 11.4 Å². The molecule has 0 saturated carbocycles. The Hall–Kier alpha value is -4.59. The maximum absolute atomic E-state index is 5.10. The Labute approximate surface area is 249 Å². The van der Waals surface area contributed by atoms with Gasteiger partial charge in [0, 0.05) is 36.6 Å². The molecule has 3 aliphatic carbocycles. The molecule has 0 bridgehead atoms. The summed E-state index contributed by atoms with van der Waals surface area (Å²) in [5, 5.41) is 8.26. The second kappa shape index (κ2) is 6.64. The SMILES string of the molecule is CN1CNC23c4c(cccc41)Cc1ccc4c(c12)C1c2c-4ccc4c2C2(NCN(C)c5cccc(c52)C4)[n+]2cnc[n+]3c21. The van der Waals surface area contributed by atoms with E-state index in [1.165, 1.54) is 84.0 Å². The van der Waals surface area contributed by atoms with E-state index in [0.717, 1.165) is 26.2 Å². The maximum atomic E-state index is 5.10. The molecule has 0 fully saturated rings. The number of nitrogens with one attached hydrogen (secondary N) is 2. The molecule has 7 nitrogen and oxygen atoms in total. The first kappa shape index (κ1) is 22.0. The summed E-state index contributed by atoms with van der Waals surface area (Å²) < 4.78 is 5.08. The van der Waals surface area contributed by atoms with Gasteiger partial charge < -0.3 is 9.80 Å². The average Bonchev–Trinajstić information content (AvgIpc) is 3.38. The Morgan fingerprint density at radius 1 is 0.651 bits per heavy atom. The Bertz CT molecular complexity index is 2070. The molecular formula is C36H29N7+2. The molecule has 2 spiro atoms. The molecule has 2 N–H and O–H groups in total. The van der Waals surface area contributed by atoms with Gasteiger partial charge in [0.2, 0.25) is 11.3 Å². The molecule has 7 heteroatoms. The van der Waals surface area contributed by atoms with Crippen molar-refractivity contribution < 1.29 is 9.13 Å². The lowest BCUT2D eigenvalue weighted by Crippen LogP contribution is -2.82. The van der Waals surface area contributed by atoms with E-state index in [4.69, 9.17) is 4.98 Å². The Morgan fingerprint density at radius 2 is 1.14 bits per heavy atom.